The number of hydrogen-bond acceptors (Lipinski definition) is 3. The summed E-state index contributed by atoms with van der Waals surface area (Å²) in [5.74, 6) is -0.124. The first-order chi connectivity index (χ1) is 9.13. The second-order valence-corrected chi connectivity index (χ2v) is 4.78. The lowest BCUT2D eigenvalue weighted by Gasteiger charge is -2.13. The van der Waals surface area contributed by atoms with Gasteiger partial charge in [-0.25, -0.2) is 4.98 Å². The lowest BCUT2D eigenvalue weighted by molar-refractivity contribution is -0.128. The molecule has 1 aliphatic rings. The Hall–Kier alpha value is -2.37. The largest absolute Gasteiger partial charge is 0.369 e. The molecule has 1 fully saturated rings. The molecule has 0 radical (unpaired) electrons. The number of nitrogens with two attached hydrogens (primary N) is 1. The first-order valence-electron chi connectivity index (χ1n) is 6.14. The van der Waals surface area contributed by atoms with E-state index in [0.717, 1.165) is 16.9 Å². The number of H-pyrrole nitrogens is 1. The van der Waals surface area contributed by atoms with E-state index in [2.05, 4.69) is 9.97 Å². The summed E-state index contributed by atoms with van der Waals surface area (Å²) in [5, 5.41) is 0. The molecule has 19 heavy (non-hydrogen) atoms. The van der Waals surface area contributed by atoms with E-state index in [0.29, 0.717) is 13.1 Å². The van der Waals surface area contributed by atoms with Gasteiger partial charge in [0.1, 0.15) is 5.82 Å². The van der Waals surface area contributed by atoms with Crippen LogP contribution in [0.25, 0.3) is 11.0 Å². The van der Waals surface area contributed by atoms with Crippen molar-refractivity contribution >= 4 is 22.8 Å². The highest BCUT2D eigenvalue weighted by Crippen LogP contribution is 2.20. The van der Waals surface area contributed by atoms with E-state index >= 15 is 0 Å². The highest BCUT2D eigenvalue weighted by Gasteiger charge is 2.33. The summed E-state index contributed by atoms with van der Waals surface area (Å²) in [7, 11) is 0. The summed E-state index contributed by atoms with van der Waals surface area (Å²) < 4.78 is 0. The molecule has 2 aromatic rings. The lowest BCUT2D eigenvalue weighted by atomic mass is 10.1. The number of nitrogens with one attached hydrogen (secondary N) is 1. The van der Waals surface area contributed by atoms with Crippen LogP contribution in [0.2, 0.25) is 0 Å². The number of aromatic nitrogens is 2. The molecule has 2 heterocycles. The topological polar surface area (TPSA) is 92.1 Å². The van der Waals surface area contributed by atoms with Crippen molar-refractivity contribution in [3.8, 4) is 0 Å². The number of likely N-dealkylation sites (tertiary alicyclic amines) is 1. The fraction of sp³-hybridized carbons (Fsp3) is 0.308. The van der Waals surface area contributed by atoms with Gasteiger partial charge < -0.3 is 15.6 Å². The number of hydrogen-bond donors (Lipinski definition) is 2. The van der Waals surface area contributed by atoms with Gasteiger partial charge in [-0.15, -0.1) is 0 Å². The average Bonchev–Trinajstić information content (AvgIpc) is 2.93. The SMILES string of the molecule is NC(=O)C1CC(=O)N(Cc2nc3ccccc3[nH]2)C1. The van der Waals surface area contributed by atoms with E-state index in [1.54, 1.807) is 4.90 Å². The first-order valence-corrected chi connectivity index (χ1v) is 6.14. The predicted molar refractivity (Wildman–Crippen MR) is 68.8 cm³/mol. The van der Waals surface area contributed by atoms with E-state index < -0.39 is 5.91 Å². The van der Waals surface area contributed by atoms with Gasteiger partial charge in [-0.3, -0.25) is 9.59 Å². The summed E-state index contributed by atoms with van der Waals surface area (Å²) >= 11 is 0. The smallest absolute Gasteiger partial charge is 0.223 e. The Balaban J connectivity index is 1.78. The highest BCUT2D eigenvalue weighted by atomic mass is 16.2. The van der Waals surface area contributed by atoms with Crippen LogP contribution in [-0.4, -0.2) is 33.2 Å². The maximum absolute atomic E-state index is 11.8. The van der Waals surface area contributed by atoms with Gasteiger partial charge in [-0.05, 0) is 12.1 Å². The van der Waals surface area contributed by atoms with Crippen molar-refractivity contribution in [2.75, 3.05) is 6.54 Å². The van der Waals surface area contributed by atoms with Crippen molar-refractivity contribution in [3.05, 3.63) is 30.1 Å². The van der Waals surface area contributed by atoms with Gasteiger partial charge in [0.25, 0.3) is 0 Å². The van der Waals surface area contributed by atoms with Crippen LogP contribution in [-0.2, 0) is 16.1 Å². The molecule has 1 saturated heterocycles. The fourth-order valence-electron chi connectivity index (χ4n) is 2.38. The zero-order valence-electron chi connectivity index (χ0n) is 10.3. The van der Waals surface area contributed by atoms with E-state index in [9.17, 15) is 9.59 Å². The van der Waals surface area contributed by atoms with Crippen LogP contribution in [0.4, 0.5) is 0 Å². The number of carbonyl (C=O) groups excluding carboxylic acids is 2. The number of rotatable bonds is 3. The maximum atomic E-state index is 11.8. The third-order valence-electron chi connectivity index (χ3n) is 3.40. The molecule has 1 atom stereocenters. The van der Waals surface area contributed by atoms with Crippen molar-refractivity contribution in [1.82, 2.24) is 14.9 Å². The molecule has 3 rings (SSSR count). The summed E-state index contributed by atoms with van der Waals surface area (Å²) in [6.07, 6.45) is 0.204. The second-order valence-electron chi connectivity index (χ2n) is 4.78. The van der Waals surface area contributed by atoms with Gasteiger partial charge in [-0.2, -0.15) is 0 Å². The molecule has 1 aromatic carbocycles. The van der Waals surface area contributed by atoms with Crippen LogP contribution in [0.15, 0.2) is 24.3 Å². The summed E-state index contributed by atoms with van der Waals surface area (Å²) in [6.45, 7) is 0.766. The minimum atomic E-state index is -0.416. The van der Waals surface area contributed by atoms with E-state index in [1.165, 1.54) is 0 Å². The number of nitrogens with zero attached hydrogens (tertiary/aromatic N) is 2. The zero-order valence-corrected chi connectivity index (χ0v) is 10.3. The minimum Gasteiger partial charge on any atom is -0.369 e. The summed E-state index contributed by atoms with van der Waals surface area (Å²) in [4.78, 5) is 32.1. The average molecular weight is 258 g/mol. The van der Waals surface area contributed by atoms with Gasteiger partial charge in [-0.1, -0.05) is 12.1 Å². The van der Waals surface area contributed by atoms with Crippen LogP contribution in [0.3, 0.4) is 0 Å². The number of amides is 2. The predicted octanol–water partition coefficient (Wildman–Crippen LogP) is 0.397. The number of primary amides is 1. The monoisotopic (exact) mass is 258 g/mol. The van der Waals surface area contributed by atoms with Crippen molar-refractivity contribution < 1.29 is 9.59 Å². The third kappa shape index (κ3) is 2.16. The molecule has 3 N–H and O–H groups in total. The number of aromatic amines is 1. The molecule has 6 heteroatoms. The Kier molecular flexibility index (Phi) is 2.70. The Bertz CT molecular complexity index is 616. The molecule has 98 valence electrons. The van der Waals surface area contributed by atoms with Crippen LogP contribution in [0.5, 0.6) is 0 Å². The van der Waals surface area contributed by atoms with Crippen molar-refractivity contribution in [2.24, 2.45) is 11.7 Å². The van der Waals surface area contributed by atoms with Crippen LogP contribution >= 0.6 is 0 Å². The molecule has 1 aliphatic heterocycles. The molecular weight excluding hydrogens is 244 g/mol. The van der Waals surface area contributed by atoms with E-state index in [4.69, 9.17) is 5.73 Å². The van der Waals surface area contributed by atoms with E-state index in [-0.39, 0.29) is 18.2 Å². The summed E-state index contributed by atoms with van der Waals surface area (Å²) in [5.41, 5.74) is 7.05. The zero-order chi connectivity index (χ0) is 13.4. The third-order valence-corrected chi connectivity index (χ3v) is 3.40. The molecular formula is C13H14N4O2. The second kappa shape index (κ2) is 4.38. The number of imidazole rings is 1. The number of para-hydroxylation sites is 2. The van der Waals surface area contributed by atoms with Crippen LogP contribution in [0.1, 0.15) is 12.2 Å². The molecule has 2 amide bonds. The Labute approximate surface area is 109 Å². The molecule has 0 saturated carbocycles. The quantitative estimate of drug-likeness (QED) is 0.834. The van der Waals surface area contributed by atoms with Gasteiger partial charge in [0.05, 0.1) is 23.5 Å². The Morgan fingerprint density at radius 1 is 1.47 bits per heavy atom. The number of fused-ring (bicyclic) bond motifs is 1. The maximum Gasteiger partial charge on any atom is 0.223 e. The molecule has 0 aliphatic carbocycles. The molecule has 6 nitrogen and oxygen atoms in total. The van der Waals surface area contributed by atoms with Crippen molar-refractivity contribution in [2.45, 2.75) is 13.0 Å². The molecule has 0 spiro atoms. The van der Waals surface area contributed by atoms with Crippen molar-refractivity contribution in [3.63, 3.8) is 0 Å². The molecule has 0 bridgehead atoms. The van der Waals surface area contributed by atoms with Crippen LogP contribution < -0.4 is 5.73 Å². The van der Waals surface area contributed by atoms with Gasteiger partial charge in [0.15, 0.2) is 0 Å². The highest BCUT2D eigenvalue weighted by molar-refractivity contribution is 5.88. The van der Waals surface area contributed by atoms with E-state index in [1.807, 2.05) is 24.3 Å². The van der Waals surface area contributed by atoms with Gasteiger partial charge in [0.2, 0.25) is 11.8 Å². The Morgan fingerprint density at radius 2 is 2.26 bits per heavy atom. The minimum absolute atomic E-state index is 0.0516. The molecule has 1 unspecified atom stereocenters. The standard InChI is InChI=1S/C13H14N4O2/c14-13(19)8-5-12(18)17(6-8)7-11-15-9-3-1-2-4-10(9)16-11/h1-4,8H,5-7H2,(H2,14,19)(H,15,16). The van der Waals surface area contributed by atoms with Gasteiger partial charge >= 0.3 is 0 Å². The fourth-order valence-corrected chi connectivity index (χ4v) is 2.38. The summed E-state index contributed by atoms with van der Waals surface area (Å²) in [6, 6.07) is 7.68. The number of carbonyl (C=O) groups is 2. The normalized spacial score (nSPS) is 19.3. The number of benzene rings is 1. The van der Waals surface area contributed by atoms with Crippen LogP contribution in [0, 0.1) is 5.92 Å². The van der Waals surface area contributed by atoms with Gasteiger partial charge in [0, 0.05) is 13.0 Å². The van der Waals surface area contributed by atoms with Crippen molar-refractivity contribution in [1.29, 1.82) is 0 Å². The molecule has 1 aromatic heterocycles. The Morgan fingerprint density at radius 3 is 2.95 bits per heavy atom. The lowest BCUT2D eigenvalue weighted by Crippen LogP contribution is -2.28. The first kappa shape index (κ1) is 11.7.